The summed E-state index contributed by atoms with van der Waals surface area (Å²) < 4.78 is 2.10. The van der Waals surface area contributed by atoms with E-state index in [0.717, 1.165) is 25.8 Å². The van der Waals surface area contributed by atoms with Gasteiger partial charge in [-0.3, -0.25) is 9.58 Å². The Morgan fingerprint density at radius 2 is 1.90 bits per heavy atom. The number of hydrogen-bond acceptors (Lipinski definition) is 3. The first-order valence-electron chi connectivity index (χ1n) is 8.22. The highest BCUT2D eigenvalue weighted by Gasteiger charge is 2.42. The fourth-order valence-electron chi connectivity index (χ4n) is 3.78. The molecule has 1 fully saturated rings. The molecular weight excluding hydrogens is 248 g/mol. The Kier molecular flexibility index (Phi) is 5.22. The number of nitrogens with zero attached hydrogens (tertiary/aromatic N) is 3. The average Bonchev–Trinajstić information content (AvgIpc) is 3.12. The third kappa shape index (κ3) is 2.63. The van der Waals surface area contributed by atoms with Crippen molar-refractivity contribution in [3.63, 3.8) is 0 Å². The van der Waals surface area contributed by atoms with E-state index in [1.807, 2.05) is 6.20 Å². The quantitative estimate of drug-likeness (QED) is 0.834. The monoisotopic (exact) mass is 278 g/mol. The van der Waals surface area contributed by atoms with Gasteiger partial charge in [-0.15, -0.1) is 0 Å². The van der Waals surface area contributed by atoms with Crippen molar-refractivity contribution in [3.05, 3.63) is 18.0 Å². The van der Waals surface area contributed by atoms with Crippen molar-refractivity contribution in [1.29, 1.82) is 0 Å². The maximum atomic E-state index is 6.75. The number of aromatic nitrogens is 2. The smallest absolute Gasteiger partial charge is 0.0653 e. The van der Waals surface area contributed by atoms with Gasteiger partial charge in [0.2, 0.25) is 0 Å². The molecule has 114 valence electrons. The van der Waals surface area contributed by atoms with Gasteiger partial charge in [0, 0.05) is 18.3 Å². The Morgan fingerprint density at radius 1 is 1.25 bits per heavy atom. The molecule has 0 amide bonds. The van der Waals surface area contributed by atoms with Crippen LogP contribution in [0.2, 0.25) is 0 Å². The molecule has 0 radical (unpaired) electrons. The lowest BCUT2D eigenvalue weighted by Crippen LogP contribution is -2.54. The highest BCUT2D eigenvalue weighted by Crippen LogP contribution is 2.37. The van der Waals surface area contributed by atoms with E-state index < -0.39 is 0 Å². The molecule has 2 rings (SSSR count). The van der Waals surface area contributed by atoms with Gasteiger partial charge in [-0.2, -0.15) is 5.10 Å². The van der Waals surface area contributed by atoms with Crippen molar-refractivity contribution in [1.82, 2.24) is 14.7 Å². The molecule has 0 aliphatic carbocycles. The zero-order valence-corrected chi connectivity index (χ0v) is 13.3. The highest BCUT2D eigenvalue weighted by molar-refractivity contribution is 5.15. The molecule has 0 aromatic carbocycles. The standard InChI is InChI=1S/C16H30N4/c1-4-11-20-14(9-10-18-20)15(17)16(5-2,6-3)19-12-7-8-13-19/h9-10,15H,4-8,11-13,17H2,1-3H3. The van der Waals surface area contributed by atoms with Gasteiger partial charge in [0.1, 0.15) is 0 Å². The molecule has 1 unspecified atom stereocenters. The number of hydrogen-bond donors (Lipinski definition) is 1. The second kappa shape index (κ2) is 6.72. The summed E-state index contributed by atoms with van der Waals surface area (Å²) in [4.78, 5) is 2.63. The molecular formula is C16H30N4. The van der Waals surface area contributed by atoms with Gasteiger partial charge >= 0.3 is 0 Å². The zero-order valence-electron chi connectivity index (χ0n) is 13.3. The van der Waals surface area contributed by atoms with E-state index in [4.69, 9.17) is 5.73 Å². The van der Waals surface area contributed by atoms with Crippen molar-refractivity contribution in [3.8, 4) is 0 Å². The Labute approximate surface area is 123 Å². The van der Waals surface area contributed by atoms with Crippen LogP contribution in [0.15, 0.2) is 12.3 Å². The van der Waals surface area contributed by atoms with Crippen molar-refractivity contribution < 1.29 is 0 Å². The summed E-state index contributed by atoms with van der Waals surface area (Å²) in [6.45, 7) is 10.1. The zero-order chi connectivity index (χ0) is 14.6. The van der Waals surface area contributed by atoms with Crippen molar-refractivity contribution in [2.24, 2.45) is 5.73 Å². The summed E-state index contributed by atoms with van der Waals surface area (Å²) in [5.74, 6) is 0. The molecule has 1 aliphatic heterocycles. The summed E-state index contributed by atoms with van der Waals surface area (Å²) in [7, 11) is 0. The topological polar surface area (TPSA) is 47.1 Å². The molecule has 1 aliphatic rings. The lowest BCUT2D eigenvalue weighted by Gasteiger charge is -2.45. The van der Waals surface area contributed by atoms with E-state index in [-0.39, 0.29) is 11.6 Å². The minimum Gasteiger partial charge on any atom is -0.321 e. The summed E-state index contributed by atoms with van der Waals surface area (Å²) in [6, 6.07) is 2.15. The fraction of sp³-hybridized carbons (Fsp3) is 0.812. The second-order valence-corrected chi connectivity index (χ2v) is 5.96. The normalized spacial score (nSPS) is 18.6. The molecule has 4 heteroatoms. The number of aryl methyl sites for hydroxylation is 1. The van der Waals surface area contributed by atoms with Gasteiger partial charge in [0.15, 0.2) is 0 Å². The van der Waals surface area contributed by atoms with Gasteiger partial charge in [0.25, 0.3) is 0 Å². The van der Waals surface area contributed by atoms with E-state index in [1.165, 1.54) is 31.6 Å². The van der Waals surface area contributed by atoms with Crippen LogP contribution in [0.1, 0.15) is 64.6 Å². The molecule has 20 heavy (non-hydrogen) atoms. The van der Waals surface area contributed by atoms with Crippen LogP contribution in [0.3, 0.4) is 0 Å². The van der Waals surface area contributed by atoms with Gasteiger partial charge in [-0.1, -0.05) is 20.8 Å². The SMILES string of the molecule is CCCn1nccc1C(N)C(CC)(CC)N1CCCC1. The molecule has 4 nitrogen and oxygen atoms in total. The molecule has 0 bridgehead atoms. The van der Waals surface area contributed by atoms with Crippen LogP contribution in [0.5, 0.6) is 0 Å². The van der Waals surface area contributed by atoms with Gasteiger partial charge in [-0.05, 0) is 51.3 Å². The Morgan fingerprint density at radius 3 is 2.45 bits per heavy atom. The minimum absolute atomic E-state index is 0.0460. The lowest BCUT2D eigenvalue weighted by atomic mass is 9.81. The first-order valence-corrected chi connectivity index (χ1v) is 8.22. The van der Waals surface area contributed by atoms with E-state index in [9.17, 15) is 0 Å². The maximum absolute atomic E-state index is 6.75. The molecule has 2 heterocycles. The van der Waals surface area contributed by atoms with Crippen LogP contribution >= 0.6 is 0 Å². The maximum Gasteiger partial charge on any atom is 0.0653 e. The highest BCUT2D eigenvalue weighted by atomic mass is 15.3. The summed E-state index contributed by atoms with van der Waals surface area (Å²) >= 11 is 0. The molecule has 1 saturated heterocycles. The largest absolute Gasteiger partial charge is 0.321 e. The fourth-order valence-corrected chi connectivity index (χ4v) is 3.78. The Hall–Kier alpha value is -0.870. The minimum atomic E-state index is 0.0460. The summed E-state index contributed by atoms with van der Waals surface area (Å²) in [5.41, 5.74) is 8.03. The van der Waals surface area contributed by atoms with Crippen LogP contribution in [0.4, 0.5) is 0 Å². The first kappa shape index (κ1) is 15.5. The molecule has 1 aromatic rings. The van der Waals surface area contributed by atoms with Crippen LogP contribution < -0.4 is 5.73 Å². The van der Waals surface area contributed by atoms with Gasteiger partial charge < -0.3 is 5.73 Å². The van der Waals surface area contributed by atoms with E-state index >= 15 is 0 Å². The first-order chi connectivity index (χ1) is 9.69. The van der Waals surface area contributed by atoms with E-state index in [2.05, 4.69) is 41.5 Å². The van der Waals surface area contributed by atoms with E-state index in [1.54, 1.807) is 0 Å². The second-order valence-electron chi connectivity index (χ2n) is 5.96. The predicted octanol–water partition coefficient (Wildman–Crippen LogP) is 2.95. The molecule has 2 N–H and O–H groups in total. The van der Waals surface area contributed by atoms with Crippen molar-refractivity contribution in [2.45, 2.75) is 71.0 Å². The average molecular weight is 278 g/mol. The third-order valence-corrected chi connectivity index (χ3v) is 5.04. The number of nitrogens with two attached hydrogens (primary N) is 1. The lowest BCUT2D eigenvalue weighted by molar-refractivity contribution is 0.0734. The van der Waals surface area contributed by atoms with Crippen molar-refractivity contribution in [2.75, 3.05) is 13.1 Å². The Balaban J connectivity index is 2.30. The van der Waals surface area contributed by atoms with Crippen molar-refractivity contribution >= 4 is 0 Å². The van der Waals surface area contributed by atoms with Crippen LogP contribution in [0, 0.1) is 0 Å². The van der Waals surface area contributed by atoms with Gasteiger partial charge in [-0.25, -0.2) is 0 Å². The molecule has 1 aromatic heterocycles. The molecule has 1 atom stereocenters. The number of rotatable bonds is 7. The Bertz CT molecular complexity index is 402. The van der Waals surface area contributed by atoms with E-state index in [0.29, 0.717) is 0 Å². The van der Waals surface area contributed by atoms with Crippen LogP contribution in [0.25, 0.3) is 0 Å². The summed E-state index contributed by atoms with van der Waals surface area (Å²) in [5, 5.41) is 4.45. The third-order valence-electron chi connectivity index (χ3n) is 5.04. The number of likely N-dealkylation sites (tertiary alicyclic amines) is 1. The molecule has 0 saturated carbocycles. The van der Waals surface area contributed by atoms with Crippen LogP contribution in [-0.4, -0.2) is 33.3 Å². The summed E-state index contributed by atoms with van der Waals surface area (Å²) in [6.07, 6.45) is 7.80. The molecule has 0 spiro atoms. The van der Waals surface area contributed by atoms with Crippen LogP contribution in [-0.2, 0) is 6.54 Å². The predicted molar refractivity (Wildman–Crippen MR) is 83.6 cm³/mol. The van der Waals surface area contributed by atoms with Gasteiger partial charge in [0.05, 0.1) is 11.7 Å².